The van der Waals surface area contributed by atoms with Gasteiger partial charge in [0.1, 0.15) is 5.84 Å². The highest BCUT2D eigenvalue weighted by Crippen LogP contribution is 2.52. The maximum absolute atomic E-state index is 6.77. The minimum Gasteiger partial charge on any atom is -0.343 e. The molecule has 0 amide bonds. The molecule has 0 unspecified atom stereocenters. The molecule has 0 radical (unpaired) electrons. The van der Waals surface area contributed by atoms with E-state index in [0.717, 1.165) is 61.0 Å². The highest BCUT2D eigenvalue weighted by molar-refractivity contribution is 6.33. The van der Waals surface area contributed by atoms with Crippen molar-refractivity contribution in [2.24, 2.45) is 4.99 Å². The Morgan fingerprint density at radius 1 is 1.27 bits per heavy atom. The number of aromatic nitrogens is 2. The van der Waals surface area contributed by atoms with Crippen molar-refractivity contribution in [1.82, 2.24) is 14.7 Å². The van der Waals surface area contributed by atoms with Crippen LogP contribution in [0.5, 0.6) is 0 Å². The second kappa shape index (κ2) is 5.83. The topological polar surface area (TPSA) is 45.5 Å². The molecular weight excluding hydrogens is 346 g/mol. The maximum atomic E-state index is 6.77. The predicted octanol–water partition coefficient (Wildman–Crippen LogP) is 3.78. The number of nitrogens with one attached hydrogen (secondary N) is 1. The van der Waals surface area contributed by atoms with Gasteiger partial charge in [-0.05, 0) is 57.0 Å². The molecule has 1 aromatic carbocycles. The molecule has 2 aromatic rings. The summed E-state index contributed by atoms with van der Waals surface area (Å²) >= 11 is 6.77. The Morgan fingerprint density at radius 3 is 2.85 bits per heavy atom. The number of rotatable bonds is 1. The normalized spacial score (nSPS) is 22.7. The van der Waals surface area contributed by atoms with E-state index >= 15 is 0 Å². The van der Waals surface area contributed by atoms with Crippen LogP contribution in [0.1, 0.15) is 42.5 Å². The number of amidine groups is 1. The molecule has 1 spiro atoms. The second-order valence-corrected chi connectivity index (χ2v) is 8.26. The zero-order valence-electron chi connectivity index (χ0n) is 15.3. The lowest BCUT2D eigenvalue weighted by Crippen LogP contribution is -2.41. The van der Waals surface area contributed by atoms with E-state index in [1.165, 1.54) is 23.2 Å². The van der Waals surface area contributed by atoms with Crippen molar-refractivity contribution >= 4 is 23.1 Å². The molecule has 6 heteroatoms. The number of anilines is 1. The van der Waals surface area contributed by atoms with Crippen LogP contribution in [0, 0.1) is 0 Å². The molecule has 3 heterocycles. The van der Waals surface area contributed by atoms with Gasteiger partial charge in [0.05, 0.1) is 22.3 Å². The van der Waals surface area contributed by atoms with Crippen molar-refractivity contribution in [3.05, 3.63) is 40.2 Å². The molecule has 5 rings (SSSR count). The van der Waals surface area contributed by atoms with Crippen LogP contribution in [0.25, 0.3) is 5.69 Å². The van der Waals surface area contributed by atoms with Crippen LogP contribution in [-0.2, 0) is 18.4 Å². The van der Waals surface area contributed by atoms with Crippen molar-refractivity contribution in [3.8, 4) is 5.69 Å². The summed E-state index contributed by atoms with van der Waals surface area (Å²) in [7, 11) is 4.04. The van der Waals surface area contributed by atoms with Crippen LogP contribution in [0.15, 0.2) is 23.3 Å². The Labute approximate surface area is 159 Å². The molecule has 136 valence electrons. The van der Waals surface area contributed by atoms with Gasteiger partial charge in [0, 0.05) is 30.5 Å². The van der Waals surface area contributed by atoms with Crippen LogP contribution in [-0.4, -0.2) is 41.2 Å². The first-order valence-corrected chi connectivity index (χ1v) is 9.83. The molecule has 0 atom stereocenters. The van der Waals surface area contributed by atoms with Crippen LogP contribution in [0.4, 0.5) is 5.69 Å². The summed E-state index contributed by atoms with van der Waals surface area (Å²) in [6.07, 6.45) is 7.73. The minimum absolute atomic E-state index is 0.0655. The van der Waals surface area contributed by atoms with Gasteiger partial charge in [-0.3, -0.25) is 4.99 Å². The number of hydrogen-bond donors (Lipinski definition) is 1. The van der Waals surface area contributed by atoms with E-state index in [1.807, 2.05) is 17.9 Å². The lowest BCUT2D eigenvalue weighted by molar-refractivity contribution is 0.332. The average molecular weight is 370 g/mol. The van der Waals surface area contributed by atoms with Crippen molar-refractivity contribution in [1.29, 1.82) is 0 Å². The summed E-state index contributed by atoms with van der Waals surface area (Å²) in [5.41, 5.74) is 6.07. The summed E-state index contributed by atoms with van der Waals surface area (Å²) in [4.78, 5) is 6.88. The van der Waals surface area contributed by atoms with E-state index in [9.17, 15) is 0 Å². The van der Waals surface area contributed by atoms with Crippen LogP contribution in [0.3, 0.4) is 0 Å². The van der Waals surface area contributed by atoms with Crippen LogP contribution in [0.2, 0.25) is 5.02 Å². The quantitative estimate of drug-likeness (QED) is 0.832. The number of nitrogens with zero attached hydrogens (tertiary/aromatic N) is 4. The third-order valence-corrected chi connectivity index (χ3v) is 6.62. The summed E-state index contributed by atoms with van der Waals surface area (Å²) in [6, 6.07) is 4.31. The Kier molecular flexibility index (Phi) is 3.66. The summed E-state index contributed by atoms with van der Waals surface area (Å²) in [6.45, 7) is 2.07. The molecular formula is C20H24ClN5. The zero-order valence-corrected chi connectivity index (χ0v) is 16.1. The maximum Gasteiger partial charge on any atom is 0.111 e. The molecule has 1 fully saturated rings. The fraction of sp³-hybridized carbons (Fsp3) is 0.500. The minimum atomic E-state index is 0.0655. The van der Waals surface area contributed by atoms with Crippen LogP contribution >= 0.6 is 11.6 Å². The standard InChI is InChI=1S/C20H24ClN5/c1-22-19-20(6-4-7-20)14-9-15(21)18(10-16(14)24-19)26-17-5-3-8-25(2)12-13(17)11-23-26/h9-11H,3-8,12H2,1-2H3,(H,22,24). The van der Waals surface area contributed by atoms with E-state index in [0.29, 0.717) is 0 Å². The van der Waals surface area contributed by atoms with Gasteiger partial charge in [-0.1, -0.05) is 18.0 Å². The van der Waals surface area contributed by atoms with E-state index in [2.05, 4.69) is 39.5 Å². The van der Waals surface area contributed by atoms with Gasteiger partial charge < -0.3 is 10.2 Å². The highest BCUT2D eigenvalue weighted by Gasteiger charge is 2.49. The molecule has 26 heavy (non-hydrogen) atoms. The first kappa shape index (κ1) is 16.3. The second-order valence-electron chi connectivity index (χ2n) is 7.85. The molecule has 5 nitrogen and oxygen atoms in total. The van der Waals surface area contributed by atoms with Crippen LogP contribution < -0.4 is 5.32 Å². The first-order valence-electron chi connectivity index (χ1n) is 9.45. The number of halogens is 1. The number of fused-ring (bicyclic) bond motifs is 3. The van der Waals surface area contributed by atoms with E-state index in [1.54, 1.807) is 0 Å². The first-order chi connectivity index (χ1) is 12.6. The van der Waals surface area contributed by atoms with E-state index < -0.39 is 0 Å². The Bertz CT molecular complexity index is 909. The Hall–Kier alpha value is -1.85. The van der Waals surface area contributed by atoms with Gasteiger partial charge in [0.15, 0.2) is 0 Å². The van der Waals surface area contributed by atoms with Gasteiger partial charge in [0.2, 0.25) is 0 Å². The molecule has 1 saturated carbocycles. The van der Waals surface area contributed by atoms with Gasteiger partial charge >= 0.3 is 0 Å². The molecule has 0 saturated heterocycles. The highest BCUT2D eigenvalue weighted by atomic mass is 35.5. The van der Waals surface area contributed by atoms with Crippen molar-refractivity contribution in [3.63, 3.8) is 0 Å². The monoisotopic (exact) mass is 369 g/mol. The average Bonchev–Trinajstić information content (AvgIpc) is 3.06. The fourth-order valence-electron chi connectivity index (χ4n) is 4.80. The summed E-state index contributed by atoms with van der Waals surface area (Å²) in [5, 5.41) is 9.01. The third kappa shape index (κ3) is 2.20. The largest absolute Gasteiger partial charge is 0.343 e. The molecule has 1 aromatic heterocycles. The smallest absolute Gasteiger partial charge is 0.111 e. The Morgan fingerprint density at radius 2 is 2.12 bits per heavy atom. The Balaban J connectivity index is 1.61. The lowest BCUT2D eigenvalue weighted by atomic mass is 9.65. The third-order valence-electron chi connectivity index (χ3n) is 6.32. The number of aliphatic imine (C=N–C) groups is 1. The number of hydrogen-bond acceptors (Lipinski definition) is 3. The summed E-state index contributed by atoms with van der Waals surface area (Å²) in [5.74, 6) is 1.09. The molecule has 2 aliphatic heterocycles. The van der Waals surface area contributed by atoms with E-state index in [-0.39, 0.29) is 5.41 Å². The molecule has 3 aliphatic rings. The number of benzene rings is 1. The molecule has 0 bridgehead atoms. The van der Waals surface area contributed by atoms with Gasteiger partial charge in [0.25, 0.3) is 0 Å². The van der Waals surface area contributed by atoms with Crippen molar-refractivity contribution < 1.29 is 0 Å². The fourth-order valence-corrected chi connectivity index (χ4v) is 5.05. The summed E-state index contributed by atoms with van der Waals surface area (Å²) < 4.78 is 2.05. The van der Waals surface area contributed by atoms with Gasteiger partial charge in [-0.15, -0.1) is 0 Å². The lowest BCUT2D eigenvalue weighted by Gasteiger charge is -2.38. The molecule has 1 aliphatic carbocycles. The van der Waals surface area contributed by atoms with Gasteiger partial charge in [-0.25, -0.2) is 4.68 Å². The zero-order chi connectivity index (χ0) is 17.9. The molecule has 1 N–H and O–H groups in total. The van der Waals surface area contributed by atoms with E-state index in [4.69, 9.17) is 11.6 Å². The predicted molar refractivity (Wildman–Crippen MR) is 106 cm³/mol. The SMILES string of the molecule is CN=C1Nc2cc(-n3ncc4c3CCCN(C)C4)c(Cl)cc2C12CCC2. The van der Waals surface area contributed by atoms with Crippen molar-refractivity contribution in [2.75, 3.05) is 26.0 Å². The van der Waals surface area contributed by atoms with Crippen molar-refractivity contribution in [2.45, 2.75) is 44.1 Å². The van der Waals surface area contributed by atoms with Gasteiger partial charge in [-0.2, -0.15) is 5.10 Å².